The first-order valence-corrected chi connectivity index (χ1v) is 9.54. The van der Waals surface area contributed by atoms with Gasteiger partial charge in [-0.1, -0.05) is 31.2 Å². The molecule has 1 aliphatic rings. The highest BCUT2D eigenvalue weighted by Gasteiger charge is 2.32. The van der Waals surface area contributed by atoms with E-state index in [1.807, 2.05) is 0 Å². The minimum Gasteiger partial charge on any atom is -0.386 e. The van der Waals surface area contributed by atoms with Gasteiger partial charge in [-0.2, -0.15) is 0 Å². The van der Waals surface area contributed by atoms with E-state index in [-0.39, 0.29) is 25.1 Å². The maximum Gasteiger partial charge on any atom is 0.273 e. The molecule has 0 aliphatic carbocycles. The molecule has 1 fully saturated rings. The van der Waals surface area contributed by atoms with Crippen molar-refractivity contribution in [3.8, 4) is 11.1 Å². The number of anilines is 1. The largest absolute Gasteiger partial charge is 0.386 e. The SMILES string of the molecule is CCC(F)(F)c1ccc(-c2cnc(NC[C@@]3(O)CCOC3)c3nccnc23)cc1. The van der Waals surface area contributed by atoms with E-state index >= 15 is 0 Å². The molecule has 2 N–H and O–H groups in total. The normalized spacial score (nSPS) is 19.6. The summed E-state index contributed by atoms with van der Waals surface area (Å²) in [7, 11) is 0. The Hall–Kier alpha value is -2.71. The molecule has 8 heteroatoms. The van der Waals surface area contributed by atoms with Gasteiger partial charge in [0.05, 0.1) is 6.61 Å². The number of aliphatic hydroxyl groups is 1. The van der Waals surface area contributed by atoms with Crippen LogP contribution in [0.5, 0.6) is 0 Å². The summed E-state index contributed by atoms with van der Waals surface area (Å²) in [5, 5.41) is 13.6. The summed E-state index contributed by atoms with van der Waals surface area (Å²) in [6, 6.07) is 6.16. The fraction of sp³-hybridized carbons (Fsp3) is 0.381. The Morgan fingerprint density at radius 2 is 1.86 bits per heavy atom. The van der Waals surface area contributed by atoms with Gasteiger partial charge in [-0.15, -0.1) is 0 Å². The van der Waals surface area contributed by atoms with Crippen molar-refractivity contribution < 1.29 is 18.6 Å². The maximum absolute atomic E-state index is 13.9. The first-order valence-electron chi connectivity index (χ1n) is 9.54. The van der Waals surface area contributed by atoms with Crippen LogP contribution in [0.1, 0.15) is 25.3 Å². The highest BCUT2D eigenvalue weighted by molar-refractivity contribution is 5.96. The van der Waals surface area contributed by atoms with E-state index < -0.39 is 11.5 Å². The molecule has 0 saturated carbocycles. The predicted octanol–water partition coefficient (Wildman–Crippen LogP) is 3.76. The minimum absolute atomic E-state index is 0.0163. The van der Waals surface area contributed by atoms with Gasteiger partial charge in [0.25, 0.3) is 5.92 Å². The zero-order valence-corrected chi connectivity index (χ0v) is 16.0. The van der Waals surface area contributed by atoms with E-state index in [0.717, 1.165) is 5.56 Å². The minimum atomic E-state index is -2.85. The van der Waals surface area contributed by atoms with Gasteiger partial charge in [-0.05, 0) is 5.56 Å². The lowest BCUT2D eigenvalue weighted by Gasteiger charge is -2.21. The Morgan fingerprint density at radius 1 is 1.14 bits per heavy atom. The number of ether oxygens (including phenoxy) is 1. The van der Waals surface area contributed by atoms with Crippen LogP contribution in [-0.2, 0) is 10.7 Å². The molecule has 6 nitrogen and oxygen atoms in total. The second-order valence-electron chi connectivity index (χ2n) is 7.29. The molecule has 0 spiro atoms. The van der Waals surface area contributed by atoms with E-state index in [4.69, 9.17) is 4.74 Å². The number of nitrogens with one attached hydrogen (secondary N) is 1. The third-order valence-corrected chi connectivity index (χ3v) is 5.23. The molecule has 29 heavy (non-hydrogen) atoms. The number of alkyl halides is 2. The molecule has 3 aromatic rings. The van der Waals surface area contributed by atoms with Crippen LogP contribution in [0, 0.1) is 0 Å². The number of rotatable bonds is 6. The van der Waals surface area contributed by atoms with Gasteiger partial charge in [0.2, 0.25) is 0 Å². The lowest BCUT2D eigenvalue weighted by atomic mass is 10.0. The molecule has 3 heterocycles. The van der Waals surface area contributed by atoms with Crippen LogP contribution in [0.2, 0.25) is 0 Å². The molecule has 152 valence electrons. The van der Waals surface area contributed by atoms with E-state index in [1.54, 1.807) is 30.7 Å². The lowest BCUT2D eigenvalue weighted by molar-refractivity contribution is -0.00827. The first kappa shape index (κ1) is 19.6. The predicted molar refractivity (Wildman–Crippen MR) is 106 cm³/mol. The van der Waals surface area contributed by atoms with Gasteiger partial charge in [0.1, 0.15) is 16.6 Å². The number of hydrogen-bond donors (Lipinski definition) is 2. The smallest absolute Gasteiger partial charge is 0.273 e. The van der Waals surface area contributed by atoms with Gasteiger partial charge in [-0.3, -0.25) is 4.98 Å². The number of nitrogens with zero attached hydrogens (tertiary/aromatic N) is 3. The Morgan fingerprint density at radius 3 is 2.52 bits per heavy atom. The van der Waals surface area contributed by atoms with Crippen molar-refractivity contribution in [2.24, 2.45) is 0 Å². The third-order valence-electron chi connectivity index (χ3n) is 5.23. The van der Waals surface area contributed by atoms with Crippen molar-refractivity contribution in [2.45, 2.75) is 31.3 Å². The fourth-order valence-corrected chi connectivity index (χ4v) is 3.38. The summed E-state index contributed by atoms with van der Waals surface area (Å²) in [6.45, 7) is 2.54. The van der Waals surface area contributed by atoms with Crippen LogP contribution in [0.15, 0.2) is 42.9 Å². The molecule has 0 amide bonds. The molecular weight excluding hydrogens is 378 g/mol. The van der Waals surface area contributed by atoms with Crippen LogP contribution in [0.3, 0.4) is 0 Å². The fourth-order valence-electron chi connectivity index (χ4n) is 3.38. The summed E-state index contributed by atoms with van der Waals surface area (Å²) >= 11 is 0. The van der Waals surface area contributed by atoms with Gasteiger partial charge in [0.15, 0.2) is 5.82 Å². The van der Waals surface area contributed by atoms with Crippen molar-refractivity contribution in [2.75, 3.05) is 25.1 Å². The van der Waals surface area contributed by atoms with Crippen LogP contribution in [0.4, 0.5) is 14.6 Å². The number of fused-ring (bicyclic) bond motifs is 1. The van der Waals surface area contributed by atoms with E-state index in [2.05, 4.69) is 20.3 Å². The van der Waals surface area contributed by atoms with Gasteiger partial charge in [-0.25, -0.2) is 18.7 Å². The van der Waals surface area contributed by atoms with Crippen LogP contribution in [0.25, 0.3) is 22.2 Å². The number of pyridine rings is 1. The van der Waals surface area contributed by atoms with E-state index in [1.165, 1.54) is 19.1 Å². The summed E-state index contributed by atoms with van der Waals surface area (Å²) < 4.78 is 33.1. The maximum atomic E-state index is 13.9. The van der Waals surface area contributed by atoms with Gasteiger partial charge in [0, 0.05) is 55.7 Å². The summed E-state index contributed by atoms with van der Waals surface area (Å²) in [5.41, 5.74) is 1.64. The standard InChI is InChI=1S/C21H22F2N4O2/c1-2-21(22,23)15-5-3-14(4-6-15)16-11-26-19(18-17(16)24-8-9-25-18)27-12-20(28)7-10-29-13-20/h3-6,8-9,11,28H,2,7,10,12-13H2,1H3,(H,26,27)/t20-/m0/s1. The van der Waals surface area contributed by atoms with Crippen molar-refractivity contribution in [1.29, 1.82) is 0 Å². The molecule has 4 rings (SSSR count). The molecule has 2 aromatic heterocycles. The van der Waals surface area contributed by atoms with Crippen molar-refractivity contribution in [3.05, 3.63) is 48.4 Å². The number of halogens is 2. The molecule has 0 unspecified atom stereocenters. The molecule has 0 bridgehead atoms. The Labute approximate surface area is 167 Å². The van der Waals surface area contributed by atoms with Crippen molar-refractivity contribution >= 4 is 16.9 Å². The highest BCUT2D eigenvalue weighted by atomic mass is 19.3. The Kier molecular flexibility index (Phi) is 5.14. The zero-order chi connectivity index (χ0) is 20.5. The Bertz CT molecular complexity index is 1010. The summed E-state index contributed by atoms with van der Waals surface area (Å²) in [6.07, 6.45) is 5.09. The van der Waals surface area contributed by atoms with Crippen molar-refractivity contribution in [3.63, 3.8) is 0 Å². The van der Waals surface area contributed by atoms with E-state index in [0.29, 0.717) is 35.4 Å². The molecule has 0 radical (unpaired) electrons. The van der Waals surface area contributed by atoms with Crippen molar-refractivity contribution in [1.82, 2.24) is 15.0 Å². The molecule has 1 saturated heterocycles. The molecule has 1 aromatic carbocycles. The lowest BCUT2D eigenvalue weighted by Crippen LogP contribution is -2.37. The molecular formula is C21H22F2N4O2. The Balaban J connectivity index is 1.66. The quantitative estimate of drug-likeness (QED) is 0.656. The van der Waals surface area contributed by atoms with Crippen LogP contribution in [-0.4, -0.2) is 45.4 Å². The highest BCUT2D eigenvalue weighted by Crippen LogP contribution is 2.34. The zero-order valence-electron chi connectivity index (χ0n) is 16.0. The summed E-state index contributed by atoms with van der Waals surface area (Å²) in [5.74, 6) is -2.34. The third kappa shape index (κ3) is 3.90. The first-order chi connectivity index (χ1) is 13.9. The topological polar surface area (TPSA) is 80.2 Å². The van der Waals surface area contributed by atoms with Crippen LogP contribution >= 0.6 is 0 Å². The molecule has 1 aliphatic heterocycles. The molecule has 1 atom stereocenters. The van der Waals surface area contributed by atoms with E-state index in [9.17, 15) is 13.9 Å². The van der Waals surface area contributed by atoms with Crippen LogP contribution < -0.4 is 5.32 Å². The second kappa shape index (κ2) is 7.61. The summed E-state index contributed by atoms with van der Waals surface area (Å²) in [4.78, 5) is 13.3. The average Bonchev–Trinajstić information content (AvgIpc) is 3.19. The van der Waals surface area contributed by atoms with Gasteiger partial charge < -0.3 is 15.2 Å². The average molecular weight is 400 g/mol. The van der Waals surface area contributed by atoms with Gasteiger partial charge >= 0.3 is 0 Å². The number of hydrogen-bond acceptors (Lipinski definition) is 6. The monoisotopic (exact) mass is 400 g/mol. The number of benzene rings is 1. The number of aromatic nitrogens is 3. The second-order valence-corrected chi connectivity index (χ2v) is 7.29.